The van der Waals surface area contributed by atoms with Crippen molar-refractivity contribution in [1.82, 2.24) is 0 Å². The number of allylic oxidation sites excluding steroid dienone is 1. The van der Waals surface area contributed by atoms with Gasteiger partial charge in [-0.25, -0.2) is 0 Å². The Morgan fingerprint density at radius 1 is 1.55 bits per heavy atom. The molecule has 0 amide bonds. The predicted molar refractivity (Wildman–Crippen MR) is 45.0 cm³/mol. The van der Waals surface area contributed by atoms with Gasteiger partial charge >= 0.3 is 0 Å². The zero-order chi connectivity index (χ0) is 9.12. The molecular formula is C7H14O3S. The highest BCUT2D eigenvalue weighted by atomic mass is 32.2. The van der Waals surface area contributed by atoms with E-state index >= 15 is 0 Å². The molecule has 0 fully saturated rings. The fraction of sp³-hybridized carbons (Fsp3) is 0.714. The van der Waals surface area contributed by atoms with Gasteiger partial charge in [-0.05, 0) is 11.8 Å². The van der Waals surface area contributed by atoms with Crippen LogP contribution in [0.4, 0.5) is 0 Å². The Morgan fingerprint density at radius 3 is 2.27 bits per heavy atom. The summed E-state index contributed by atoms with van der Waals surface area (Å²) < 4.78 is 29.4. The van der Waals surface area contributed by atoms with Crippen molar-refractivity contribution >= 4 is 10.1 Å². The molecule has 11 heavy (non-hydrogen) atoms. The summed E-state index contributed by atoms with van der Waals surface area (Å²) in [5.74, 6) is -0.216. The maximum absolute atomic E-state index is 10.4. The quantitative estimate of drug-likeness (QED) is 0.524. The molecule has 1 N–H and O–H groups in total. The molecule has 0 aromatic heterocycles. The third-order valence-corrected chi connectivity index (χ3v) is 2.42. The maximum atomic E-state index is 10.4. The highest BCUT2D eigenvalue weighted by Gasteiger charge is 2.22. The van der Waals surface area contributed by atoms with Gasteiger partial charge in [-0.15, -0.1) is 6.58 Å². The molecule has 0 unspecified atom stereocenters. The monoisotopic (exact) mass is 178 g/mol. The van der Waals surface area contributed by atoms with E-state index in [1.807, 2.05) is 0 Å². The zero-order valence-electron chi connectivity index (χ0n) is 6.87. The highest BCUT2D eigenvalue weighted by molar-refractivity contribution is 7.85. The maximum Gasteiger partial charge on any atom is 0.265 e. The molecule has 4 heteroatoms. The Kier molecular flexibility index (Phi) is 3.26. The molecule has 0 aliphatic heterocycles. The van der Waals surface area contributed by atoms with Crippen molar-refractivity contribution in [3.05, 3.63) is 12.7 Å². The Bertz CT molecular complexity index is 226. The van der Waals surface area contributed by atoms with Crippen LogP contribution in [-0.4, -0.2) is 18.7 Å². The number of rotatable bonds is 4. The van der Waals surface area contributed by atoms with Crippen LogP contribution in [0.1, 0.15) is 20.3 Å². The summed E-state index contributed by atoms with van der Waals surface area (Å²) in [6, 6.07) is 0. The van der Waals surface area contributed by atoms with Crippen LogP contribution in [0, 0.1) is 5.41 Å². The van der Waals surface area contributed by atoms with Crippen molar-refractivity contribution in [3.63, 3.8) is 0 Å². The summed E-state index contributed by atoms with van der Waals surface area (Å²) in [4.78, 5) is 0. The van der Waals surface area contributed by atoms with Gasteiger partial charge < -0.3 is 0 Å². The Morgan fingerprint density at radius 2 is 2.00 bits per heavy atom. The first-order valence-electron chi connectivity index (χ1n) is 3.33. The Hall–Kier alpha value is -0.350. The van der Waals surface area contributed by atoms with E-state index in [1.54, 1.807) is 19.9 Å². The number of hydrogen-bond acceptors (Lipinski definition) is 2. The molecule has 0 aromatic carbocycles. The van der Waals surface area contributed by atoms with Crippen LogP contribution in [0.25, 0.3) is 0 Å². The van der Waals surface area contributed by atoms with Crippen LogP contribution in [0.3, 0.4) is 0 Å². The molecule has 0 saturated heterocycles. The molecule has 0 rings (SSSR count). The van der Waals surface area contributed by atoms with E-state index in [9.17, 15) is 8.42 Å². The number of hydrogen-bond donors (Lipinski definition) is 1. The molecule has 0 atom stereocenters. The van der Waals surface area contributed by atoms with Crippen LogP contribution in [0.15, 0.2) is 12.7 Å². The standard InChI is InChI=1S/C7H14O3S/c1-4-5-7(2,3)6-11(8,9)10/h4H,1,5-6H2,2-3H3,(H,8,9,10). The van der Waals surface area contributed by atoms with Crippen molar-refractivity contribution in [1.29, 1.82) is 0 Å². The fourth-order valence-electron chi connectivity index (χ4n) is 0.943. The van der Waals surface area contributed by atoms with E-state index in [1.165, 1.54) is 0 Å². The summed E-state index contributed by atoms with van der Waals surface area (Å²) >= 11 is 0. The van der Waals surface area contributed by atoms with Gasteiger partial charge in [0.25, 0.3) is 10.1 Å². The molecule has 0 bridgehead atoms. The Balaban J connectivity index is 4.24. The predicted octanol–water partition coefficient (Wildman–Crippen LogP) is 1.48. The summed E-state index contributed by atoms with van der Waals surface area (Å²) in [6.07, 6.45) is 2.22. The van der Waals surface area contributed by atoms with E-state index in [2.05, 4.69) is 6.58 Å². The largest absolute Gasteiger partial charge is 0.286 e. The second-order valence-corrected chi connectivity index (χ2v) is 4.84. The third kappa shape index (κ3) is 6.06. The van der Waals surface area contributed by atoms with Crippen molar-refractivity contribution in [2.24, 2.45) is 5.41 Å². The molecule has 0 aromatic rings. The summed E-state index contributed by atoms with van der Waals surface area (Å²) in [7, 11) is -3.85. The van der Waals surface area contributed by atoms with Crippen molar-refractivity contribution in [2.45, 2.75) is 20.3 Å². The third-order valence-electron chi connectivity index (χ3n) is 1.27. The van der Waals surface area contributed by atoms with Crippen LogP contribution in [0.5, 0.6) is 0 Å². The van der Waals surface area contributed by atoms with Crippen molar-refractivity contribution in [2.75, 3.05) is 5.75 Å². The minimum absolute atomic E-state index is 0.216. The van der Waals surface area contributed by atoms with Gasteiger partial charge in [0.1, 0.15) is 0 Å². The molecule has 0 aliphatic rings. The summed E-state index contributed by atoms with van der Waals surface area (Å²) in [5.41, 5.74) is -0.421. The normalized spacial score (nSPS) is 13.0. The Labute approximate surface area is 67.9 Å². The second-order valence-electron chi connectivity index (χ2n) is 3.38. The first kappa shape index (κ1) is 10.7. The summed E-state index contributed by atoms with van der Waals surface area (Å²) in [6.45, 7) is 7.03. The minimum Gasteiger partial charge on any atom is -0.286 e. The molecular weight excluding hydrogens is 164 g/mol. The highest BCUT2D eigenvalue weighted by Crippen LogP contribution is 2.22. The fourth-order valence-corrected chi connectivity index (χ4v) is 2.05. The van der Waals surface area contributed by atoms with Gasteiger partial charge in [0.15, 0.2) is 0 Å². The van der Waals surface area contributed by atoms with Crippen molar-refractivity contribution < 1.29 is 13.0 Å². The van der Waals surface area contributed by atoms with Crippen LogP contribution in [-0.2, 0) is 10.1 Å². The first-order valence-corrected chi connectivity index (χ1v) is 4.94. The lowest BCUT2D eigenvalue weighted by Crippen LogP contribution is -2.22. The lowest BCUT2D eigenvalue weighted by Gasteiger charge is -2.19. The average Bonchev–Trinajstić information content (AvgIpc) is 1.55. The summed E-state index contributed by atoms with van der Waals surface area (Å²) in [5, 5.41) is 0. The molecule has 0 spiro atoms. The van der Waals surface area contributed by atoms with Crippen LogP contribution >= 0.6 is 0 Å². The topological polar surface area (TPSA) is 54.4 Å². The first-order chi connectivity index (χ1) is 4.77. The van der Waals surface area contributed by atoms with Crippen LogP contribution in [0.2, 0.25) is 0 Å². The molecule has 0 heterocycles. The van der Waals surface area contributed by atoms with Gasteiger partial charge in [-0.2, -0.15) is 8.42 Å². The van der Waals surface area contributed by atoms with E-state index in [0.29, 0.717) is 6.42 Å². The van der Waals surface area contributed by atoms with Gasteiger partial charge in [-0.1, -0.05) is 19.9 Å². The van der Waals surface area contributed by atoms with E-state index in [-0.39, 0.29) is 5.75 Å². The van der Waals surface area contributed by atoms with Gasteiger partial charge in [0.05, 0.1) is 5.75 Å². The lowest BCUT2D eigenvalue weighted by molar-refractivity contribution is 0.393. The second kappa shape index (κ2) is 3.36. The van der Waals surface area contributed by atoms with Gasteiger partial charge in [-0.3, -0.25) is 4.55 Å². The molecule has 0 saturated carbocycles. The smallest absolute Gasteiger partial charge is 0.265 e. The van der Waals surface area contributed by atoms with E-state index < -0.39 is 15.5 Å². The lowest BCUT2D eigenvalue weighted by atomic mass is 9.92. The molecule has 0 aliphatic carbocycles. The molecule has 66 valence electrons. The van der Waals surface area contributed by atoms with Crippen molar-refractivity contribution in [3.8, 4) is 0 Å². The molecule has 0 radical (unpaired) electrons. The molecule has 3 nitrogen and oxygen atoms in total. The van der Waals surface area contributed by atoms with E-state index in [4.69, 9.17) is 4.55 Å². The van der Waals surface area contributed by atoms with Gasteiger partial charge in [0.2, 0.25) is 0 Å². The van der Waals surface area contributed by atoms with E-state index in [0.717, 1.165) is 0 Å². The SMILES string of the molecule is C=CCC(C)(C)CS(=O)(=O)O. The zero-order valence-corrected chi connectivity index (χ0v) is 7.69. The average molecular weight is 178 g/mol. The van der Waals surface area contributed by atoms with Crippen LogP contribution < -0.4 is 0 Å². The van der Waals surface area contributed by atoms with Gasteiger partial charge in [0, 0.05) is 0 Å². The minimum atomic E-state index is -3.85.